The molecule has 2 saturated heterocycles. The Kier molecular flexibility index (Phi) is 7.33. The largest absolute Gasteiger partial charge is 0.466 e. The number of carbonyl (C=O) groups is 1. The molecule has 0 bridgehead atoms. The molecule has 1 aromatic carbocycles. The van der Waals surface area contributed by atoms with Crippen molar-refractivity contribution in [3.8, 4) is 0 Å². The first-order chi connectivity index (χ1) is 13.9. The molecule has 29 heavy (non-hydrogen) atoms. The zero-order valence-corrected chi connectivity index (χ0v) is 18.0. The lowest BCUT2D eigenvalue weighted by molar-refractivity contribution is -0.148. The molecule has 2 fully saturated rings. The Hall–Kier alpha value is -1.89. The number of ether oxygens (including phenoxy) is 1. The summed E-state index contributed by atoms with van der Waals surface area (Å²) in [7, 11) is 0. The molecular weight excluding hydrogens is 370 g/mol. The molecule has 7 nitrogen and oxygen atoms in total. The van der Waals surface area contributed by atoms with Gasteiger partial charge in [-0.1, -0.05) is 13.8 Å². The van der Waals surface area contributed by atoms with Gasteiger partial charge in [0.15, 0.2) is 0 Å². The van der Waals surface area contributed by atoms with Gasteiger partial charge in [-0.3, -0.25) is 14.4 Å². The summed E-state index contributed by atoms with van der Waals surface area (Å²) >= 11 is 0. The SMILES string of the molecule is CCOC(=O)[C@@H]1CCCN(c2c(NCCCN3C[C@@H](C)C[C@H](C)C3)c(=O)c2=O)C1. The normalized spacial score (nSPS) is 25.9. The van der Waals surface area contributed by atoms with Crippen LogP contribution in [0.5, 0.6) is 0 Å². The van der Waals surface area contributed by atoms with Gasteiger partial charge in [0.05, 0.1) is 12.5 Å². The number of nitrogens with zero attached hydrogens (tertiary/aromatic N) is 2. The topological polar surface area (TPSA) is 79.0 Å². The maximum Gasteiger partial charge on any atom is 0.310 e. The Bertz CT molecular complexity index is 761. The fourth-order valence-electron chi connectivity index (χ4n) is 4.97. The number of nitrogens with one attached hydrogen (secondary N) is 1. The monoisotopic (exact) mass is 405 g/mol. The van der Waals surface area contributed by atoms with Crippen molar-refractivity contribution in [2.45, 2.75) is 46.5 Å². The van der Waals surface area contributed by atoms with Crippen molar-refractivity contribution >= 4 is 17.3 Å². The average Bonchev–Trinajstić information content (AvgIpc) is 2.69. The molecule has 0 unspecified atom stereocenters. The van der Waals surface area contributed by atoms with Crippen molar-refractivity contribution in [2.24, 2.45) is 17.8 Å². The molecule has 2 heterocycles. The molecule has 0 radical (unpaired) electrons. The van der Waals surface area contributed by atoms with Gasteiger partial charge in [0.2, 0.25) is 0 Å². The molecule has 0 amide bonds. The Morgan fingerprint density at radius 1 is 1.14 bits per heavy atom. The molecular formula is C22H35N3O4. The lowest BCUT2D eigenvalue weighted by Gasteiger charge is -2.35. The van der Waals surface area contributed by atoms with Crippen LogP contribution in [0, 0.1) is 17.8 Å². The van der Waals surface area contributed by atoms with Gasteiger partial charge in [-0.25, -0.2) is 0 Å². The van der Waals surface area contributed by atoms with Gasteiger partial charge < -0.3 is 19.9 Å². The van der Waals surface area contributed by atoms with E-state index in [9.17, 15) is 14.4 Å². The molecule has 7 heteroatoms. The lowest BCUT2D eigenvalue weighted by Crippen LogP contribution is -2.48. The van der Waals surface area contributed by atoms with E-state index in [0.29, 0.717) is 37.6 Å². The zero-order valence-electron chi connectivity index (χ0n) is 18.0. The highest BCUT2D eigenvalue weighted by atomic mass is 16.5. The molecule has 1 aromatic rings. The number of hydrogen-bond acceptors (Lipinski definition) is 7. The molecule has 2 aliphatic heterocycles. The maximum atomic E-state index is 12.2. The summed E-state index contributed by atoms with van der Waals surface area (Å²) in [6.45, 7) is 11.8. The molecule has 0 aromatic heterocycles. The highest BCUT2D eigenvalue weighted by molar-refractivity contribution is 5.78. The van der Waals surface area contributed by atoms with E-state index in [4.69, 9.17) is 4.74 Å². The van der Waals surface area contributed by atoms with Crippen molar-refractivity contribution in [3.63, 3.8) is 0 Å². The fraction of sp³-hybridized carbons (Fsp3) is 0.773. The Morgan fingerprint density at radius 2 is 1.86 bits per heavy atom. The number of anilines is 2. The Labute approximate surface area is 173 Å². The van der Waals surface area contributed by atoms with Crippen molar-refractivity contribution in [2.75, 3.05) is 56.1 Å². The predicted octanol–water partition coefficient (Wildman–Crippen LogP) is 1.84. The minimum absolute atomic E-state index is 0.213. The third-order valence-electron chi connectivity index (χ3n) is 6.14. The van der Waals surface area contributed by atoms with Crippen LogP contribution in [0.4, 0.5) is 11.4 Å². The van der Waals surface area contributed by atoms with E-state index in [-0.39, 0.29) is 11.9 Å². The van der Waals surface area contributed by atoms with Crippen molar-refractivity contribution < 1.29 is 9.53 Å². The zero-order chi connectivity index (χ0) is 21.0. The molecule has 3 atom stereocenters. The second-order valence-corrected chi connectivity index (χ2v) is 8.91. The Balaban J connectivity index is 1.53. The van der Waals surface area contributed by atoms with Gasteiger partial charge in [-0.05, 0) is 51.0 Å². The van der Waals surface area contributed by atoms with Crippen LogP contribution in [0.15, 0.2) is 9.59 Å². The van der Waals surface area contributed by atoms with E-state index in [2.05, 4.69) is 24.1 Å². The molecule has 1 N–H and O–H groups in total. The summed E-state index contributed by atoms with van der Waals surface area (Å²) in [5, 5.41) is 3.20. The van der Waals surface area contributed by atoms with Gasteiger partial charge in [-0.15, -0.1) is 0 Å². The van der Waals surface area contributed by atoms with Crippen LogP contribution >= 0.6 is 0 Å². The molecule has 0 spiro atoms. The first-order valence-corrected chi connectivity index (χ1v) is 11.1. The first-order valence-electron chi connectivity index (χ1n) is 11.1. The van der Waals surface area contributed by atoms with Crippen molar-refractivity contribution in [3.05, 3.63) is 20.4 Å². The molecule has 0 saturated carbocycles. The standard InChI is InChI=1S/C22H35N3O4/c1-4-29-22(28)17-7-5-10-25(14-17)19-18(20(26)21(19)27)23-8-6-9-24-12-15(2)11-16(3)13-24/h15-17,23H,4-14H2,1-3H3/t15-,16-,17+/m0/s1. The highest BCUT2D eigenvalue weighted by Gasteiger charge is 2.32. The Morgan fingerprint density at radius 3 is 2.55 bits per heavy atom. The first kappa shape index (κ1) is 21.8. The summed E-state index contributed by atoms with van der Waals surface area (Å²) < 4.78 is 5.13. The van der Waals surface area contributed by atoms with Gasteiger partial charge in [0, 0.05) is 32.7 Å². The third-order valence-corrected chi connectivity index (χ3v) is 6.14. The number of hydrogen-bond donors (Lipinski definition) is 1. The van der Waals surface area contributed by atoms with Gasteiger partial charge in [-0.2, -0.15) is 0 Å². The van der Waals surface area contributed by atoms with E-state index >= 15 is 0 Å². The van der Waals surface area contributed by atoms with Crippen LogP contribution < -0.4 is 21.1 Å². The number of carbonyl (C=O) groups excluding carboxylic acids is 1. The van der Waals surface area contributed by atoms with Gasteiger partial charge in [0.1, 0.15) is 11.4 Å². The summed E-state index contributed by atoms with van der Waals surface area (Å²) in [6, 6.07) is 0. The second kappa shape index (κ2) is 9.74. The van der Waals surface area contributed by atoms with E-state index in [1.54, 1.807) is 6.92 Å². The summed E-state index contributed by atoms with van der Waals surface area (Å²) in [4.78, 5) is 40.8. The van der Waals surface area contributed by atoms with E-state index in [1.807, 2.05) is 4.90 Å². The number of esters is 1. The summed E-state index contributed by atoms with van der Waals surface area (Å²) in [5.74, 6) is 1.02. The molecule has 3 rings (SSSR count). The summed E-state index contributed by atoms with van der Waals surface area (Å²) in [5.41, 5.74) is 0.0262. The van der Waals surface area contributed by atoms with Crippen LogP contribution in [0.3, 0.4) is 0 Å². The van der Waals surface area contributed by atoms with Crippen LogP contribution in [-0.2, 0) is 9.53 Å². The minimum Gasteiger partial charge on any atom is -0.466 e. The van der Waals surface area contributed by atoms with Crippen LogP contribution in [0.25, 0.3) is 0 Å². The maximum absolute atomic E-state index is 12.2. The smallest absolute Gasteiger partial charge is 0.310 e. The van der Waals surface area contributed by atoms with Gasteiger partial charge >= 0.3 is 5.97 Å². The van der Waals surface area contributed by atoms with E-state index < -0.39 is 10.9 Å². The molecule has 0 aliphatic carbocycles. The van der Waals surface area contributed by atoms with Crippen LogP contribution in [0.2, 0.25) is 0 Å². The number of piperidine rings is 2. The lowest BCUT2D eigenvalue weighted by atomic mass is 9.92. The minimum atomic E-state index is -0.435. The molecule has 162 valence electrons. The predicted molar refractivity (Wildman–Crippen MR) is 115 cm³/mol. The molecule has 2 aliphatic rings. The quantitative estimate of drug-likeness (QED) is 0.402. The van der Waals surface area contributed by atoms with Crippen LogP contribution in [0.1, 0.15) is 46.5 Å². The number of likely N-dealkylation sites (tertiary alicyclic amines) is 1. The summed E-state index contributed by atoms with van der Waals surface area (Å²) in [6.07, 6.45) is 3.81. The van der Waals surface area contributed by atoms with Crippen molar-refractivity contribution in [1.29, 1.82) is 0 Å². The average molecular weight is 406 g/mol. The van der Waals surface area contributed by atoms with E-state index in [0.717, 1.165) is 50.7 Å². The third kappa shape index (κ3) is 5.18. The fourth-order valence-corrected chi connectivity index (χ4v) is 4.97. The number of rotatable bonds is 8. The van der Waals surface area contributed by atoms with Gasteiger partial charge in [0.25, 0.3) is 10.9 Å². The van der Waals surface area contributed by atoms with E-state index in [1.165, 1.54) is 6.42 Å². The highest BCUT2D eigenvalue weighted by Crippen LogP contribution is 2.27. The van der Waals surface area contributed by atoms with Crippen LogP contribution in [-0.4, -0.2) is 56.7 Å². The van der Waals surface area contributed by atoms with Crippen molar-refractivity contribution in [1.82, 2.24) is 4.90 Å². The second-order valence-electron chi connectivity index (χ2n) is 8.91.